The van der Waals surface area contributed by atoms with Crippen molar-refractivity contribution in [2.24, 2.45) is 5.92 Å². The molecule has 0 bridgehead atoms. The van der Waals surface area contributed by atoms with Crippen LogP contribution >= 0.6 is 11.6 Å². The van der Waals surface area contributed by atoms with E-state index in [2.05, 4.69) is 36.7 Å². The summed E-state index contributed by atoms with van der Waals surface area (Å²) in [6, 6.07) is 14.7. The Bertz CT molecular complexity index is 1940. The minimum atomic E-state index is -0.159. The summed E-state index contributed by atoms with van der Waals surface area (Å²) in [7, 11) is 0. The second-order valence-electron chi connectivity index (χ2n) is 9.70. The molecule has 1 saturated carbocycles. The van der Waals surface area contributed by atoms with Crippen LogP contribution in [0.25, 0.3) is 39.0 Å². The van der Waals surface area contributed by atoms with E-state index in [4.69, 9.17) is 21.9 Å². The quantitative estimate of drug-likeness (QED) is 0.353. The Hall–Kier alpha value is -4.77. The molecule has 12 heteroatoms. The Morgan fingerprint density at radius 1 is 1.11 bits per heavy atom. The van der Waals surface area contributed by atoms with E-state index in [9.17, 15) is 4.79 Å². The number of aromatic nitrogens is 8. The number of anilines is 1. The van der Waals surface area contributed by atoms with Crippen LogP contribution in [-0.4, -0.2) is 39.9 Å². The van der Waals surface area contributed by atoms with Crippen molar-refractivity contribution in [1.82, 2.24) is 39.9 Å². The minimum absolute atomic E-state index is 0.0890. The third-order valence-corrected chi connectivity index (χ3v) is 7.79. The molecular formula is C26H18ClN9O2. The summed E-state index contributed by atoms with van der Waals surface area (Å²) in [5, 5.41) is 16.7. The predicted molar refractivity (Wildman–Crippen MR) is 139 cm³/mol. The van der Waals surface area contributed by atoms with Gasteiger partial charge in [-0.3, -0.25) is 4.79 Å². The topological polar surface area (TPSA) is 146 Å². The maximum Gasteiger partial charge on any atom is 0.252 e. The minimum Gasteiger partial charge on any atom is -0.380 e. The largest absolute Gasteiger partial charge is 0.380 e. The smallest absolute Gasteiger partial charge is 0.252 e. The summed E-state index contributed by atoms with van der Waals surface area (Å²) in [5.74, 6) is 1.73. The van der Waals surface area contributed by atoms with Crippen LogP contribution in [0.1, 0.15) is 29.9 Å². The molecule has 0 amide bonds. The van der Waals surface area contributed by atoms with Gasteiger partial charge in [-0.1, -0.05) is 22.8 Å². The SMILES string of the molecule is Nc1noc2cc(-c3cnc([C@@H]4[C@H]5C[C@H]5c5cc(-c6cc(Cl)ccc6-n6cnnn6)cc(=O)n54)[nH]3)ccc12. The second-order valence-corrected chi connectivity index (χ2v) is 10.1. The second kappa shape index (κ2) is 7.62. The number of hydrogen-bond donors (Lipinski definition) is 2. The number of nitrogens with two attached hydrogens (primary N) is 1. The molecule has 38 heavy (non-hydrogen) atoms. The number of rotatable bonds is 4. The third kappa shape index (κ3) is 3.08. The number of nitrogens with one attached hydrogen (secondary N) is 1. The lowest BCUT2D eigenvalue weighted by molar-refractivity contribution is 0.460. The Morgan fingerprint density at radius 2 is 2.03 bits per heavy atom. The Morgan fingerprint density at radius 3 is 2.89 bits per heavy atom. The molecule has 5 heterocycles. The first-order valence-corrected chi connectivity index (χ1v) is 12.4. The zero-order valence-electron chi connectivity index (χ0n) is 19.6. The molecule has 8 rings (SSSR count). The maximum atomic E-state index is 13.6. The molecule has 11 nitrogen and oxygen atoms in total. The van der Waals surface area contributed by atoms with Gasteiger partial charge in [0.2, 0.25) is 0 Å². The molecule has 1 aliphatic heterocycles. The first kappa shape index (κ1) is 21.3. The van der Waals surface area contributed by atoms with Gasteiger partial charge in [-0.25, -0.2) is 4.98 Å². The van der Waals surface area contributed by atoms with E-state index in [0.29, 0.717) is 28.3 Å². The van der Waals surface area contributed by atoms with Crippen LogP contribution in [0.15, 0.2) is 70.4 Å². The highest BCUT2D eigenvalue weighted by molar-refractivity contribution is 6.31. The van der Waals surface area contributed by atoms with Crippen molar-refractivity contribution in [3.8, 4) is 28.1 Å². The number of halogens is 1. The molecule has 0 saturated heterocycles. The molecule has 0 radical (unpaired) electrons. The lowest BCUT2D eigenvalue weighted by atomic mass is 10.0. The zero-order valence-corrected chi connectivity index (χ0v) is 20.4. The van der Waals surface area contributed by atoms with Crippen LogP contribution in [0.3, 0.4) is 0 Å². The van der Waals surface area contributed by atoms with Gasteiger partial charge in [-0.2, -0.15) is 4.68 Å². The van der Waals surface area contributed by atoms with Crippen molar-refractivity contribution in [2.75, 3.05) is 5.73 Å². The third-order valence-electron chi connectivity index (χ3n) is 7.55. The van der Waals surface area contributed by atoms with Crippen molar-refractivity contribution >= 4 is 28.4 Å². The lowest BCUT2D eigenvalue weighted by Crippen LogP contribution is -2.26. The number of pyridine rings is 1. The van der Waals surface area contributed by atoms with E-state index < -0.39 is 0 Å². The van der Waals surface area contributed by atoms with Gasteiger partial charge in [-0.15, -0.1) is 5.10 Å². The Kier molecular flexibility index (Phi) is 4.28. The van der Waals surface area contributed by atoms with E-state index >= 15 is 0 Å². The number of tetrazole rings is 1. The van der Waals surface area contributed by atoms with Gasteiger partial charge in [0, 0.05) is 33.8 Å². The van der Waals surface area contributed by atoms with Gasteiger partial charge in [0.25, 0.3) is 5.56 Å². The monoisotopic (exact) mass is 523 g/mol. The highest BCUT2D eigenvalue weighted by Crippen LogP contribution is 2.60. The van der Waals surface area contributed by atoms with Gasteiger partial charge in [0.05, 0.1) is 29.0 Å². The molecule has 4 aromatic heterocycles. The summed E-state index contributed by atoms with van der Waals surface area (Å²) >= 11 is 6.34. The van der Waals surface area contributed by atoms with Crippen LogP contribution in [0.4, 0.5) is 5.82 Å². The first-order valence-electron chi connectivity index (χ1n) is 12.0. The van der Waals surface area contributed by atoms with Crippen LogP contribution in [0.2, 0.25) is 5.02 Å². The van der Waals surface area contributed by atoms with E-state index in [-0.39, 0.29) is 11.6 Å². The van der Waals surface area contributed by atoms with Gasteiger partial charge >= 0.3 is 0 Å². The van der Waals surface area contributed by atoms with Crippen molar-refractivity contribution in [3.63, 3.8) is 0 Å². The van der Waals surface area contributed by atoms with Crippen molar-refractivity contribution < 1.29 is 4.52 Å². The zero-order chi connectivity index (χ0) is 25.5. The summed E-state index contributed by atoms with van der Waals surface area (Å²) in [6.07, 6.45) is 4.31. The fourth-order valence-electron chi connectivity index (χ4n) is 5.73. The molecule has 1 aliphatic carbocycles. The molecule has 1 fully saturated rings. The fraction of sp³-hybridized carbons (Fsp3) is 0.154. The number of imidazole rings is 1. The number of nitrogen functional groups attached to an aromatic ring is 1. The van der Waals surface area contributed by atoms with Gasteiger partial charge in [0.15, 0.2) is 11.4 Å². The molecule has 0 spiro atoms. The molecule has 2 aliphatic rings. The van der Waals surface area contributed by atoms with Crippen LogP contribution in [0, 0.1) is 5.92 Å². The van der Waals surface area contributed by atoms with Crippen LogP contribution < -0.4 is 11.3 Å². The first-order chi connectivity index (χ1) is 18.5. The number of hydrogen-bond acceptors (Lipinski definition) is 8. The Balaban J connectivity index is 1.20. The van der Waals surface area contributed by atoms with E-state index in [1.54, 1.807) is 23.0 Å². The fourth-order valence-corrected chi connectivity index (χ4v) is 5.90. The van der Waals surface area contributed by atoms with Gasteiger partial charge < -0.3 is 19.8 Å². The van der Waals surface area contributed by atoms with E-state index in [0.717, 1.165) is 51.4 Å². The lowest BCUT2D eigenvalue weighted by Gasteiger charge is -2.18. The standard InChI is InChI=1S/C26H18ClN9O2/c27-14-2-4-20(35-11-30-33-34-35)16(8-14)13-5-21-17-9-18(17)24(36(21)23(37)7-13)26-29-10-19(31-26)12-1-3-15-22(6-12)38-32-25(15)28/h1-8,10-11,17-18,24H,9H2,(H2,28,32)(H,29,31)/t17-,18+,24+/m1/s1. The normalized spacial score (nSPS) is 19.6. The maximum absolute atomic E-state index is 13.6. The average molecular weight is 524 g/mol. The average Bonchev–Trinajstić information content (AvgIpc) is 3.35. The van der Waals surface area contributed by atoms with Crippen molar-refractivity contribution in [3.05, 3.63) is 87.9 Å². The predicted octanol–water partition coefficient (Wildman–Crippen LogP) is 3.96. The molecule has 3 atom stereocenters. The summed E-state index contributed by atoms with van der Waals surface area (Å²) < 4.78 is 8.75. The number of fused-ring (bicyclic) bond motifs is 4. The molecule has 6 aromatic rings. The molecule has 2 aromatic carbocycles. The molecule has 0 unspecified atom stereocenters. The van der Waals surface area contributed by atoms with Crippen molar-refractivity contribution in [1.29, 1.82) is 0 Å². The number of nitrogens with zero attached hydrogens (tertiary/aromatic N) is 7. The van der Waals surface area contributed by atoms with Crippen LogP contribution in [0.5, 0.6) is 0 Å². The van der Waals surface area contributed by atoms with Gasteiger partial charge in [0.1, 0.15) is 12.2 Å². The molecular weight excluding hydrogens is 506 g/mol. The highest BCUT2D eigenvalue weighted by atomic mass is 35.5. The van der Waals surface area contributed by atoms with E-state index in [1.807, 2.05) is 34.9 Å². The molecule has 3 N–H and O–H groups in total. The summed E-state index contributed by atoms with van der Waals surface area (Å²) in [5.41, 5.74) is 11.4. The number of H-pyrrole nitrogens is 1. The number of aromatic amines is 1. The summed E-state index contributed by atoms with van der Waals surface area (Å²) in [4.78, 5) is 21.7. The molecule has 186 valence electrons. The van der Waals surface area contributed by atoms with Gasteiger partial charge in [-0.05, 0) is 64.7 Å². The summed E-state index contributed by atoms with van der Waals surface area (Å²) in [6.45, 7) is 0. The van der Waals surface area contributed by atoms with E-state index in [1.165, 1.54) is 6.33 Å². The Labute approximate surface area is 218 Å². The van der Waals surface area contributed by atoms with Crippen molar-refractivity contribution in [2.45, 2.75) is 18.4 Å². The van der Waals surface area contributed by atoms with Crippen LogP contribution in [-0.2, 0) is 0 Å². The highest BCUT2D eigenvalue weighted by Gasteiger charge is 2.54. The number of benzene rings is 2.